The minimum Gasteiger partial charge on any atom is -0.369 e. The highest BCUT2D eigenvalue weighted by Crippen LogP contribution is 2.29. The van der Waals surface area contributed by atoms with Crippen LogP contribution in [0.5, 0.6) is 0 Å². The molecule has 0 bridgehead atoms. The Morgan fingerprint density at radius 1 is 1.28 bits per heavy atom. The smallest absolute Gasteiger partial charge is 0.241 e. The second kappa shape index (κ2) is 10.3. The van der Waals surface area contributed by atoms with Crippen molar-refractivity contribution in [1.29, 1.82) is 0 Å². The molecule has 3 rings (SSSR count). The normalized spacial score (nSPS) is 21.5. The van der Waals surface area contributed by atoms with E-state index >= 15 is 0 Å². The van der Waals surface area contributed by atoms with Crippen molar-refractivity contribution in [1.82, 2.24) is 10.6 Å². The number of rotatable bonds is 4. The van der Waals surface area contributed by atoms with Gasteiger partial charge in [0.25, 0.3) is 0 Å². The number of halogens is 3. The predicted molar refractivity (Wildman–Crippen MR) is 119 cm³/mol. The number of sulfone groups is 1. The fraction of sp³-hybridized carbons (Fsp3) is 0.632. The van der Waals surface area contributed by atoms with Crippen LogP contribution in [-0.2, 0) is 14.6 Å². The highest BCUT2D eigenvalue weighted by Gasteiger charge is 2.49. The summed E-state index contributed by atoms with van der Waals surface area (Å²) in [6, 6.07) is 4.59. The molecule has 2 heterocycles. The van der Waals surface area contributed by atoms with Gasteiger partial charge >= 0.3 is 0 Å². The van der Waals surface area contributed by atoms with Gasteiger partial charge in [-0.25, -0.2) is 12.8 Å². The fourth-order valence-electron chi connectivity index (χ4n) is 4.20. The zero-order chi connectivity index (χ0) is 19.7. The second-order valence-electron chi connectivity index (χ2n) is 7.71. The highest BCUT2D eigenvalue weighted by molar-refractivity contribution is 7.92. The number of anilines is 1. The Morgan fingerprint density at radius 2 is 1.93 bits per heavy atom. The van der Waals surface area contributed by atoms with E-state index in [-0.39, 0.29) is 42.6 Å². The number of hydrogen-bond donors (Lipinski definition) is 2. The first-order valence-corrected chi connectivity index (χ1v) is 11.3. The van der Waals surface area contributed by atoms with Gasteiger partial charge in [-0.2, -0.15) is 0 Å². The number of amides is 1. The molecule has 1 aromatic carbocycles. The lowest BCUT2D eigenvalue weighted by molar-refractivity contribution is -0.125. The Hall–Kier alpha value is -1.09. The van der Waals surface area contributed by atoms with Crippen molar-refractivity contribution in [3.05, 3.63) is 29.6 Å². The third-order valence-corrected chi connectivity index (χ3v) is 7.80. The van der Waals surface area contributed by atoms with E-state index in [9.17, 15) is 17.6 Å². The molecule has 0 radical (unpaired) electrons. The minimum atomic E-state index is -3.52. The number of carbonyl (C=O) groups excluding carboxylic acids is 1. The maximum absolute atomic E-state index is 13.4. The molecule has 166 valence electrons. The molecule has 6 nitrogen and oxygen atoms in total. The number of aryl methyl sites for hydroxylation is 1. The lowest BCUT2D eigenvalue weighted by atomic mass is 9.94. The van der Waals surface area contributed by atoms with Crippen molar-refractivity contribution in [3.8, 4) is 0 Å². The molecule has 2 saturated heterocycles. The van der Waals surface area contributed by atoms with Crippen molar-refractivity contribution in [2.75, 3.05) is 37.3 Å². The maximum atomic E-state index is 13.4. The van der Waals surface area contributed by atoms with Crippen LogP contribution in [-0.4, -0.2) is 57.5 Å². The molecule has 1 unspecified atom stereocenters. The lowest BCUT2D eigenvalue weighted by Gasteiger charge is -2.39. The van der Waals surface area contributed by atoms with Crippen molar-refractivity contribution in [2.24, 2.45) is 0 Å². The highest BCUT2D eigenvalue weighted by atomic mass is 35.5. The molecule has 2 aliphatic heterocycles. The third kappa shape index (κ3) is 5.54. The van der Waals surface area contributed by atoms with Crippen LogP contribution in [0.1, 0.15) is 31.2 Å². The zero-order valence-corrected chi connectivity index (χ0v) is 19.2. The summed E-state index contributed by atoms with van der Waals surface area (Å²) < 4.78 is 36.9. The Kier molecular flexibility index (Phi) is 9.20. The largest absolute Gasteiger partial charge is 0.369 e. The number of nitrogens with one attached hydrogen (secondary N) is 2. The van der Waals surface area contributed by atoms with Gasteiger partial charge in [-0.05, 0) is 69.5 Å². The van der Waals surface area contributed by atoms with E-state index in [1.54, 1.807) is 6.07 Å². The van der Waals surface area contributed by atoms with E-state index in [0.717, 1.165) is 36.9 Å². The Balaban J connectivity index is 0.00000210. The van der Waals surface area contributed by atoms with Crippen LogP contribution in [0.2, 0.25) is 0 Å². The van der Waals surface area contributed by atoms with Gasteiger partial charge in [-0.1, -0.05) is 0 Å². The van der Waals surface area contributed by atoms with Crippen LogP contribution in [0.25, 0.3) is 0 Å². The molecule has 2 fully saturated rings. The SMILES string of the molecule is Cc1cc(F)ccc1N1CCCC(NC(=O)C2(S(C)(=O)=O)CCNCC2)C1.Cl.Cl. The predicted octanol–water partition coefficient (Wildman–Crippen LogP) is 2.23. The molecule has 0 spiro atoms. The number of benzene rings is 1. The summed E-state index contributed by atoms with van der Waals surface area (Å²) in [7, 11) is -3.52. The van der Waals surface area contributed by atoms with Gasteiger partial charge in [0.05, 0.1) is 0 Å². The summed E-state index contributed by atoms with van der Waals surface area (Å²) in [5, 5.41) is 6.13. The van der Waals surface area contributed by atoms with Crippen LogP contribution in [0.4, 0.5) is 10.1 Å². The standard InChI is InChI=1S/C19H28FN3O3S.2ClH/c1-14-12-15(20)5-6-17(14)23-11-3-4-16(13-23)22-18(24)19(27(2,25)26)7-9-21-10-8-19;;/h5-6,12,16,21H,3-4,7-11,13H2,1-2H3,(H,22,24);2*1H. The van der Waals surface area contributed by atoms with E-state index in [4.69, 9.17) is 0 Å². The van der Waals surface area contributed by atoms with E-state index in [1.807, 2.05) is 6.92 Å². The first-order chi connectivity index (χ1) is 12.7. The fourth-order valence-corrected chi connectivity index (χ4v) is 5.54. The molecule has 29 heavy (non-hydrogen) atoms. The molecule has 2 aliphatic rings. The van der Waals surface area contributed by atoms with Crippen LogP contribution < -0.4 is 15.5 Å². The summed E-state index contributed by atoms with van der Waals surface area (Å²) in [6.45, 7) is 4.34. The van der Waals surface area contributed by atoms with Crippen LogP contribution in [0, 0.1) is 12.7 Å². The summed E-state index contributed by atoms with van der Waals surface area (Å²) in [5.74, 6) is -0.645. The summed E-state index contributed by atoms with van der Waals surface area (Å²) in [4.78, 5) is 15.1. The number of hydrogen-bond acceptors (Lipinski definition) is 5. The van der Waals surface area contributed by atoms with Gasteiger partial charge in [-0.3, -0.25) is 4.79 Å². The quantitative estimate of drug-likeness (QED) is 0.706. The van der Waals surface area contributed by atoms with Crippen molar-refractivity contribution in [2.45, 2.75) is 43.4 Å². The Morgan fingerprint density at radius 3 is 2.52 bits per heavy atom. The van der Waals surface area contributed by atoms with Crippen LogP contribution >= 0.6 is 24.8 Å². The van der Waals surface area contributed by atoms with E-state index < -0.39 is 14.6 Å². The molecule has 1 amide bonds. The van der Waals surface area contributed by atoms with Gasteiger partial charge < -0.3 is 15.5 Å². The monoisotopic (exact) mass is 469 g/mol. The molecular weight excluding hydrogens is 440 g/mol. The number of nitrogens with zero attached hydrogens (tertiary/aromatic N) is 1. The molecular formula is C19H30Cl2FN3O3S. The van der Waals surface area contributed by atoms with Crippen molar-refractivity contribution < 1.29 is 17.6 Å². The molecule has 0 saturated carbocycles. The molecule has 0 aliphatic carbocycles. The average molecular weight is 470 g/mol. The Bertz CT molecular complexity index is 817. The van der Waals surface area contributed by atoms with Crippen LogP contribution in [0.15, 0.2) is 18.2 Å². The average Bonchev–Trinajstić information content (AvgIpc) is 2.61. The van der Waals surface area contributed by atoms with E-state index in [2.05, 4.69) is 15.5 Å². The maximum Gasteiger partial charge on any atom is 0.241 e. The third-order valence-electron chi connectivity index (χ3n) is 5.79. The molecule has 0 aromatic heterocycles. The number of carbonyl (C=O) groups is 1. The van der Waals surface area contributed by atoms with E-state index in [1.165, 1.54) is 12.1 Å². The molecule has 1 atom stereocenters. The summed E-state index contributed by atoms with van der Waals surface area (Å²) in [6.07, 6.45) is 3.44. The van der Waals surface area contributed by atoms with Crippen LogP contribution in [0.3, 0.4) is 0 Å². The topological polar surface area (TPSA) is 78.5 Å². The zero-order valence-electron chi connectivity index (χ0n) is 16.7. The second-order valence-corrected chi connectivity index (χ2v) is 10.0. The Labute approximate surface area is 184 Å². The summed E-state index contributed by atoms with van der Waals surface area (Å²) in [5.41, 5.74) is 1.81. The lowest BCUT2D eigenvalue weighted by Crippen LogP contribution is -2.60. The van der Waals surface area contributed by atoms with E-state index in [0.29, 0.717) is 32.5 Å². The van der Waals surface area contributed by atoms with Crippen molar-refractivity contribution >= 4 is 46.2 Å². The number of piperidine rings is 2. The van der Waals surface area contributed by atoms with Crippen molar-refractivity contribution in [3.63, 3.8) is 0 Å². The first kappa shape index (κ1) is 25.9. The molecule has 10 heteroatoms. The van der Waals surface area contributed by atoms with Gasteiger partial charge in [0, 0.05) is 31.1 Å². The van der Waals surface area contributed by atoms with Gasteiger partial charge in [-0.15, -0.1) is 24.8 Å². The van der Waals surface area contributed by atoms with Gasteiger partial charge in [0.15, 0.2) is 14.6 Å². The molecule has 2 N–H and O–H groups in total. The van der Waals surface area contributed by atoms with Gasteiger partial charge in [0.1, 0.15) is 5.82 Å². The molecule has 1 aromatic rings. The van der Waals surface area contributed by atoms with Gasteiger partial charge in [0.2, 0.25) is 5.91 Å². The first-order valence-electron chi connectivity index (χ1n) is 9.45. The minimum absolute atomic E-state index is 0. The summed E-state index contributed by atoms with van der Waals surface area (Å²) >= 11 is 0.